The van der Waals surface area contributed by atoms with Gasteiger partial charge in [0, 0.05) is 30.7 Å². The summed E-state index contributed by atoms with van der Waals surface area (Å²) in [6.07, 6.45) is 6.55. The van der Waals surface area contributed by atoms with E-state index in [4.69, 9.17) is 0 Å². The van der Waals surface area contributed by atoms with E-state index < -0.39 is 11.7 Å². The molecule has 33 heavy (non-hydrogen) atoms. The van der Waals surface area contributed by atoms with Crippen LogP contribution in [0.15, 0.2) is 36.4 Å². The van der Waals surface area contributed by atoms with Gasteiger partial charge < -0.3 is 10.2 Å². The topological polar surface area (TPSA) is 32.3 Å². The number of fused-ring (bicyclic) bond motifs is 5. The van der Waals surface area contributed by atoms with Gasteiger partial charge in [0.15, 0.2) is 0 Å². The van der Waals surface area contributed by atoms with Gasteiger partial charge in [-0.25, -0.2) is 0 Å². The fraction of sp³-hybridized carbons (Fsp3) is 0.667. The summed E-state index contributed by atoms with van der Waals surface area (Å²) in [5.74, 6) is 2.50. The van der Waals surface area contributed by atoms with E-state index in [1.807, 2.05) is 11.9 Å². The van der Waals surface area contributed by atoms with Crippen LogP contribution in [-0.4, -0.2) is 30.4 Å². The summed E-state index contributed by atoms with van der Waals surface area (Å²) < 4.78 is 39.3. The maximum atomic E-state index is 13.1. The molecule has 1 aromatic rings. The fourth-order valence-corrected chi connectivity index (χ4v) is 8.23. The van der Waals surface area contributed by atoms with E-state index in [-0.39, 0.29) is 16.7 Å². The van der Waals surface area contributed by atoms with Gasteiger partial charge in [-0.2, -0.15) is 13.2 Å². The minimum atomic E-state index is -4.32. The van der Waals surface area contributed by atoms with Crippen molar-refractivity contribution in [2.45, 2.75) is 64.6 Å². The molecule has 7 atom stereocenters. The van der Waals surface area contributed by atoms with Crippen molar-refractivity contribution in [1.29, 1.82) is 0 Å². The average molecular weight is 461 g/mol. The van der Waals surface area contributed by atoms with E-state index >= 15 is 0 Å². The molecule has 4 aliphatic rings. The first-order valence-corrected chi connectivity index (χ1v) is 12.4. The molecule has 180 valence electrons. The summed E-state index contributed by atoms with van der Waals surface area (Å²) in [4.78, 5) is 14.2. The number of nitrogens with zero attached hydrogens (tertiary/aromatic N) is 1. The first kappa shape index (κ1) is 22.8. The number of carbonyl (C=O) groups is 1. The zero-order valence-electron chi connectivity index (χ0n) is 19.8. The van der Waals surface area contributed by atoms with Crippen LogP contribution in [0, 0.1) is 34.5 Å². The van der Waals surface area contributed by atoms with E-state index in [9.17, 15) is 18.0 Å². The van der Waals surface area contributed by atoms with Crippen LogP contribution in [0.1, 0.15) is 57.9 Å². The van der Waals surface area contributed by atoms with Crippen molar-refractivity contribution in [2.75, 3.05) is 18.9 Å². The Morgan fingerprint density at radius 3 is 2.64 bits per heavy atom. The molecule has 3 fully saturated rings. The smallest absolute Gasteiger partial charge is 0.385 e. The summed E-state index contributed by atoms with van der Waals surface area (Å²) in [5.41, 5.74) is 0.219. The minimum Gasteiger partial charge on any atom is -0.385 e. The van der Waals surface area contributed by atoms with Crippen molar-refractivity contribution < 1.29 is 18.0 Å². The van der Waals surface area contributed by atoms with Gasteiger partial charge in [-0.05, 0) is 91.9 Å². The SMILES string of the molecule is CN1C(=O)C=C[C@]2(C)[C@H]3CC[C@]4(C)C(CNc5cccc(C(F)(F)F)c5)CC[C@H]4[C@@H]3CC[C@@H]12. The Labute approximate surface area is 194 Å². The van der Waals surface area contributed by atoms with Crippen molar-refractivity contribution in [3.05, 3.63) is 42.0 Å². The van der Waals surface area contributed by atoms with Gasteiger partial charge in [0.2, 0.25) is 5.91 Å². The van der Waals surface area contributed by atoms with E-state index in [1.54, 1.807) is 12.1 Å². The molecule has 1 N–H and O–H groups in total. The van der Waals surface area contributed by atoms with Crippen LogP contribution in [0.3, 0.4) is 0 Å². The molecular weight excluding hydrogens is 425 g/mol. The molecule has 0 aromatic heterocycles. The molecule has 0 spiro atoms. The lowest BCUT2D eigenvalue weighted by molar-refractivity contribution is -0.139. The molecule has 0 radical (unpaired) electrons. The van der Waals surface area contributed by atoms with Crippen LogP contribution in [0.4, 0.5) is 18.9 Å². The zero-order valence-corrected chi connectivity index (χ0v) is 19.8. The van der Waals surface area contributed by atoms with E-state index in [2.05, 4.69) is 25.2 Å². The Bertz CT molecular complexity index is 959. The third kappa shape index (κ3) is 3.59. The molecule has 5 rings (SSSR count). The molecule has 3 aliphatic carbocycles. The predicted octanol–water partition coefficient (Wildman–Crippen LogP) is 6.37. The second-order valence-electron chi connectivity index (χ2n) is 11.4. The number of nitrogens with one attached hydrogen (secondary N) is 1. The molecule has 1 unspecified atom stereocenters. The quantitative estimate of drug-likeness (QED) is 0.568. The predicted molar refractivity (Wildman–Crippen MR) is 124 cm³/mol. The van der Waals surface area contributed by atoms with E-state index in [0.29, 0.717) is 35.4 Å². The second-order valence-corrected chi connectivity index (χ2v) is 11.4. The molecule has 6 heteroatoms. The second kappa shape index (κ2) is 7.78. The average Bonchev–Trinajstić information content (AvgIpc) is 3.11. The van der Waals surface area contributed by atoms with Crippen LogP contribution in [0.25, 0.3) is 0 Å². The molecular formula is C27H35F3N2O. The van der Waals surface area contributed by atoms with Gasteiger partial charge in [0.05, 0.1) is 5.56 Å². The maximum absolute atomic E-state index is 13.1. The first-order valence-electron chi connectivity index (χ1n) is 12.4. The number of anilines is 1. The number of rotatable bonds is 3. The Kier molecular flexibility index (Phi) is 5.37. The van der Waals surface area contributed by atoms with Crippen LogP contribution in [0.2, 0.25) is 0 Å². The largest absolute Gasteiger partial charge is 0.416 e. The van der Waals surface area contributed by atoms with Crippen molar-refractivity contribution in [1.82, 2.24) is 4.90 Å². The molecule has 0 saturated heterocycles. The normalized spacial score (nSPS) is 40.2. The number of hydrogen-bond acceptors (Lipinski definition) is 2. The zero-order chi connectivity index (χ0) is 23.6. The molecule has 3 saturated carbocycles. The van der Waals surface area contributed by atoms with Gasteiger partial charge in [0.25, 0.3) is 0 Å². The highest BCUT2D eigenvalue weighted by Gasteiger charge is 2.60. The highest BCUT2D eigenvalue weighted by atomic mass is 19.4. The summed E-state index contributed by atoms with van der Waals surface area (Å²) in [6.45, 7) is 5.51. The van der Waals surface area contributed by atoms with Crippen LogP contribution in [0.5, 0.6) is 0 Å². The first-order chi connectivity index (χ1) is 15.5. The Balaban J connectivity index is 1.31. The Morgan fingerprint density at radius 1 is 1.09 bits per heavy atom. The molecule has 1 aromatic carbocycles. The number of halogens is 3. The lowest BCUT2D eigenvalue weighted by atomic mass is 9.47. The molecule has 1 aliphatic heterocycles. The van der Waals surface area contributed by atoms with Crippen molar-refractivity contribution >= 4 is 11.6 Å². The fourth-order valence-electron chi connectivity index (χ4n) is 8.23. The number of alkyl halides is 3. The van der Waals surface area contributed by atoms with Crippen molar-refractivity contribution in [3.63, 3.8) is 0 Å². The summed E-state index contributed by atoms with van der Waals surface area (Å²) >= 11 is 0. The Morgan fingerprint density at radius 2 is 1.88 bits per heavy atom. The van der Waals surface area contributed by atoms with Crippen LogP contribution >= 0.6 is 0 Å². The van der Waals surface area contributed by atoms with Gasteiger partial charge in [0.1, 0.15) is 0 Å². The number of benzene rings is 1. The lowest BCUT2D eigenvalue weighted by Crippen LogP contribution is -2.59. The van der Waals surface area contributed by atoms with Gasteiger partial charge in [-0.15, -0.1) is 0 Å². The van der Waals surface area contributed by atoms with Crippen molar-refractivity contribution in [3.8, 4) is 0 Å². The summed E-state index contributed by atoms with van der Waals surface area (Å²) in [6, 6.07) is 5.85. The highest BCUT2D eigenvalue weighted by Crippen LogP contribution is 2.65. The third-order valence-corrected chi connectivity index (χ3v) is 10.1. The minimum absolute atomic E-state index is 0.0429. The van der Waals surface area contributed by atoms with Crippen LogP contribution in [-0.2, 0) is 11.0 Å². The number of carbonyl (C=O) groups excluding carboxylic acids is 1. The standard InChI is InChI=1S/C27H35F3N2O/c1-25-13-11-22-20(8-10-23-26(22,2)14-12-24(33)32(23)3)21(25)9-7-18(25)16-31-19-6-4-5-17(15-19)27(28,29)30/h4-6,12,14-15,18,20-23,31H,7-11,13,16H2,1-3H3/t18?,20-,21-,22-,23+,25+,26+/m0/s1. The molecule has 1 amide bonds. The third-order valence-electron chi connectivity index (χ3n) is 10.1. The Hall–Kier alpha value is -1.98. The monoisotopic (exact) mass is 460 g/mol. The number of amides is 1. The van der Waals surface area contributed by atoms with E-state index in [1.165, 1.54) is 25.0 Å². The highest BCUT2D eigenvalue weighted by molar-refractivity contribution is 5.89. The van der Waals surface area contributed by atoms with Gasteiger partial charge in [-0.3, -0.25) is 4.79 Å². The van der Waals surface area contributed by atoms with Crippen LogP contribution < -0.4 is 5.32 Å². The summed E-state index contributed by atoms with van der Waals surface area (Å²) in [7, 11) is 1.95. The number of hydrogen-bond donors (Lipinski definition) is 1. The van der Waals surface area contributed by atoms with Gasteiger partial charge in [-0.1, -0.05) is 26.0 Å². The summed E-state index contributed by atoms with van der Waals surface area (Å²) in [5, 5.41) is 3.34. The molecule has 0 bridgehead atoms. The maximum Gasteiger partial charge on any atom is 0.416 e. The van der Waals surface area contributed by atoms with E-state index in [0.717, 1.165) is 38.3 Å². The van der Waals surface area contributed by atoms with Crippen molar-refractivity contribution in [2.24, 2.45) is 34.5 Å². The molecule has 1 heterocycles. The lowest BCUT2D eigenvalue weighted by Gasteiger charge is -2.60. The van der Waals surface area contributed by atoms with Gasteiger partial charge >= 0.3 is 6.18 Å². The number of likely N-dealkylation sites (N-methyl/N-ethyl adjacent to an activating group) is 1. The molecule has 3 nitrogen and oxygen atoms in total.